The third kappa shape index (κ3) is 2.86. The van der Waals surface area contributed by atoms with Gasteiger partial charge in [-0.2, -0.15) is 0 Å². The largest absolute Gasteiger partial charge is 0.332 e. The number of fused-ring (bicyclic) bond motifs is 1. The number of hydrogen-bond acceptors (Lipinski definition) is 3. The van der Waals surface area contributed by atoms with E-state index < -0.39 is 9.84 Å². The Labute approximate surface area is 115 Å². The summed E-state index contributed by atoms with van der Waals surface area (Å²) in [5.41, 5.74) is 1.36. The summed E-state index contributed by atoms with van der Waals surface area (Å²) in [5.74, 6) is 3.15. The van der Waals surface area contributed by atoms with Crippen molar-refractivity contribution in [3.63, 3.8) is 0 Å². The maximum atomic E-state index is 11.4. The third-order valence-electron chi connectivity index (χ3n) is 4.57. The van der Waals surface area contributed by atoms with Gasteiger partial charge in [0.1, 0.15) is 15.7 Å². The van der Waals surface area contributed by atoms with E-state index in [4.69, 9.17) is 0 Å². The Kier molecular flexibility index (Phi) is 3.41. The zero-order valence-corrected chi connectivity index (χ0v) is 12.3. The summed E-state index contributed by atoms with van der Waals surface area (Å²) in [6, 6.07) is 0. The van der Waals surface area contributed by atoms with Gasteiger partial charge in [0.05, 0.1) is 11.5 Å². The SMILES string of the molecule is CC1CCn2c(cnc2CC2CCS(=O)(=O)CC2)C1. The van der Waals surface area contributed by atoms with Gasteiger partial charge in [-0.3, -0.25) is 0 Å². The van der Waals surface area contributed by atoms with Crippen LogP contribution >= 0.6 is 0 Å². The number of hydrogen-bond donors (Lipinski definition) is 0. The molecule has 0 spiro atoms. The van der Waals surface area contributed by atoms with Crippen LogP contribution in [0.4, 0.5) is 0 Å². The van der Waals surface area contributed by atoms with E-state index in [2.05, 4.69) is 16.5 Å². The van der Waals surface area contributed by atoms with Crippen LogP contribution in [0, 0.1) is 11.8 Å². The van der Waals surface area contributed by atoms with Crippen molar-refractivity contribution < 1.29 is 8.42 Å². The Morgan fingerprint density at radius 1 is 1.32 bits per heavy atom. The fourth-order valence-electron chi connectivity index (χ4n) is 3.26. The molecule has 2 aliphatic rings. The molecule has 106 valence electrons. The fraction of sp³-hybridized carbons (Fsp3) is 0.786. The number of rotatable bonds is 2. The van der Waals surface area contributed by atoms with Crippen LogP contribution < -0.4 is 0 Å². The molecule has 2 aliphatic heterocycles. The van der Waals surface area contributed by atoms with Gasteiger partial charge in [-0.25, -0.2) is 13.4 Å². The van der Waals surface area contributed by atoms with Gasteiger partial charge in [0.2, 0.25) is 0 Å². The molecule has 1 fully saturated rings. The van der Waals surface area contributed by atoms with E-state index in [0.717, 1.165) is 38.1 Å². The quantitative estimate of drug-likeness (QED) is 0.831. The van der Waals surface area contributed by atoms with Crippen LogP contribution in [0.5, 0.6) is 0 Å². The lowest BCUT2D eigenvalue weighted by molar-refractivity contribution is 0.392. The van der Waals surface area contributed by atoms with Gasteiger partial charge in [0.25, 0.3) is 0 Å². The van der Waals surface area contributed by atoms with Crippen LogP contribution in [0.2, 0.25) is 0 Å². The number of nitrogens with zero attached hydrogens (tertiary/aromatic N) is 2. The molecule has 1 aromatic rings. The maximum absolute atomic E-state index is 11.4. The van der Waals surface area contributed by atoms with Crippen molar-refractivity contribution in [2.24, 2.45) is 11.8 Å². The first-order chi connectivity index (χ1) is 9.03. The van der Waals surface area contributed by atoms with Crippen LogP contribution in [0.15, 0.2) is 6.20 Å². The average molecular weight is 282 g/mol. The summed E-state index contributed by atoms with van der Waals surface area (Å²) in [6.07, 6.45) is 6.94. The smallest absolute Gasteiger partial charge is 0.150 e. The van der Waals surface area contributed by atoms with Crippen LogP contribution in [0.25, 0.3) is 0 Å². The van der Waals surface area contributed by atoms with Crippen LogP contribution in [-0.4, -0.2) is 29.5 Å². The molecular formula is C14H22N2O2S. The predicted octanol–water partition coefficient (Wildman–Crippen LogP) is 1.83. The summed E-state index contributed by atoms with van der Waals surface area (Å²) in [7, 11) is -2.75. The first kappa shape index (κ1) is 13.2. The van der Waals surface area contributed by atoms with Crippen LogP contribution in [0.3, 0.4) is 0 Å². The summed E-state index contributed by atoms with van der Waals surface area (Å²) < 4.78 is 25.3. The van der Waals surface area contributed by atoms with Gasteiger partial charge in [-0.05, 0) is 37.5 Å². The lowest BCUT2D eigenvalue weighted by atomic mass is 9.96. The number of aromatic nitrogens is 2. The fourth-order valence-corrected chi connectivity index (χ4v) is 4.85. The van der Waals surface area contributed by atoms with Gasteiger partial charge in [0, 0.05) is 24.9 Å². The zero-order valence-electron chi connectivity index (χ0n) is 11.5. The van der Waals surface area contributed by atoms with Gasteiger partial charge in [-0.1, -0.05) is 6.92 Å². The Bertz CT molecular complexity index is 548. The Morgan fingerprint density at radius 2 is 2.05 bits per heavy atom. The minimum atomic E-state index is -2.75. The molecule has 3 heterocycles. The minimum absolute atomic E-state index is 0.363. The molecule has 0 amide bonds. The van der Waals surface area contributed by atoms with Crippen molar-refractivity contribution in [2.75, 3.05) is 11.5 Å². The second kappa shape index (κ2) is 4.93. The van der Waals surface area contributed by atoms with Crippen molar-refractivity contribution in [3.8, 4) is 0 Å². The van der Waals surface area contributed by atoms with Gasteiger partial charge < -0.3 is 4.57 Å². The Morgan fingerprint density at radius 3 is 2.79 bits per heavy atom. The third-order valence-corrected chi connectivity index (χ3v) is 6.28. The van der Waals surface area contributed by atoms with Crippen LogP contribution in [0.1, 0.15) is 37.7 Å². The summed E-state index contributed by atoms with van der Waals surface area (Å²) >= 11 is 0. The zero-order chi connectivity index (χ0) is 13.5. The molecule has 5 heteroatoms. The molecule has 0 saturated carbocycles. The van der Waals surface area contributed by atoms with Gasteiger partial charge in [-0.15, -0.1) is 0 Å². The topological polar surface area (TPSA) is 52.0 Å². The Hall–Kier alpha value is -0.840. The molecular weight excluding hydrogens is 260 g/mol. The standard InChI is InChI=1S/C14H22N2O2S/c1-11-2-5-16-13(8-11)10-15-14(16)9-12-3-6-19(17,18)7-4-12/h10-12H,2-9H2,1H3. The first-order valence-electron chi connectivity index (χ1n) is 7.27. The number of imidazole rings is 1. The van der Waals surface area contributed by atoms with E-state index >= 15 is 0 Å². The molecule has 3 rings (SSSR count). The molecule has 0 aliphatic carbocycles. The van der Waals surface area contributed by atoms with E-state index in [9.17, 15) is 8.42 Å². The predicted molar refractivity (Wildman–Crippen MR) is 74.8 cm³/mol. The molecule has 1 saturated heterocycles. The highest BCUT2D eigenvalue weighted by atomic mass is 32.2. The second-order valence-electron chi connectivity index (χ2n) is 6.21. The second-order valence-corrected chi connectivity index (χ2v) is 8.52. The summed E-state index contributed by atoms with van der Waals surface area (Å²) in [4.78, 5) is 4.58. The highest BCUT2D eigenvalue weighted by Crippen LogP contribution is 2.26. The van der Waals surface area contributed by atoms with E-state index in [1.54, 1.807) is 0 Å². The van der Waals surface area contributed by atoms with Gasteiger partial charge in [0.15, 0.2) is 0 Å². The lowest BCUT2D eigenvalue weighted by Crippen LogP contribution is -2.26. The maximum Gasteiger partial charge on any atom is 0.150 e. The first-order valence-corrected chi connectivity index (χ1v) is 9.09. The monoisotopic (exact) mass is 282 g/mol. The number of sulfone groups is 1. The molecule has 0 bridgehead atoms. The highest BCUT2D eigenvalue weighted by molar-refractivity contribution is 7.91. The van der Waals surface area contributed by atoms with E-state index in [1.807, 2.05) is 6.20 Å². The van der Waals surface area contributed by atoms with E-state index in [1.165, 1.54) is 17.9 Å². The summed E-state index contributed by atoms with van der Waals surface area (Å²) in [5, 5.41) is 0. The van der Waals surface area contributed by atoms with Crippen molar-refractivity contribution in [2.45, 2.75) is 45.6 Å². The summed E-state index contributed by atoms with van der Waals surface area (Å²) in [6.45, 7) is 3.37. The highest BCUT2D eigenvalue weighted by Gasteiger charge is 2.26. The minimum Gasteiger partial charge on any atom is -0.332 e. The van der Waals surface area contributed by atoms with Crippen molar-refractivity contribution in [1.82, 2.24) is 9.55 Å². The van der Waals surface area contributed by atoms with Crippen LogP contribution in [-0.2, 0) is 29.2 Å². The molecule has 1 atom stereocenters. The average Bonchev–Trinajstić information content (AvgIpc) is 2.74. The lowest BCUT2D eigenvalue weighted by Gasteiger charge is -2.25. The molecule has 1 unspecified atom stereocenters. The molecule has 19 heavy (non-hydrogen) atoms. The van der Waals surface area contributed by atoms with E-state index in [-0.39, 0.29) is 0 Å². The van der Waals surface area contributed by atoms with E-state index in [0.29, 0.717) is 17.4 Å². The molecule has 0 N–H and O–H groups in total. The van der Waals surface area contributed by atoms with Crippen molar-refractivity contribution in [1.29, 1.82) is 0 Å². The van der Waals surface area contributed by atoms with Crippen molar-refractivity contribution >= 4 is 9.84 Å². The van der Waals surface area contributed by atoms with Gasteiger partial charge >= 0.3 is 0 Å². The Balaban J connectivity index is 1.68. The molecule has 1 aromatic heterocycles. The van der Waals surface area contributed by atoms with Crippen molar-refractivity contribution in [3.05, 3.63) is 17.7 Å². The molecule has 0 aromatic carbocycles. The molecule has 4 nitrogen and oxygen atoms in total. The molecule has 0 radical (unpaired) electrons. The normalized spacial score (nSPS) is 27.1.